The standard InChI is InChI=1S/C17H16N4O2/c1-11-8-9-21-15(10-11)18-12(2)16(21)20-19-14-7-5-4-6-13(14)17(22)23-3/h4-10H,1-3H3. The number of rotatable bonds is 3. The monoisotopic (exact) mass is 308 g/mol. The predicted octanol–water partition coefficient (Wildman–Crippen LogP) is 4.15. The molecule has 0 aliphatic rings. The number of hydrogen-bond donors (Lipinski definition) is 0. The van der Waals surface area contributed by atoms with E-state index in [0.717, 1.165) is 16.9 Å². The topological polar surface area (TPSA) is 68.3 Å². The van der Waals surface area contributed by atoms with E-state index in [4.69, 9.17) is 4.74 Å². The minimum atomic E-state index is -0.440. The van der Waals surface area contributed by atoms with E-state index in [1.807, 2.05) is 36.6 Å². The average molecular weight is 308 g/mol. The van der Waals surface area contributed by atoms with Crippen molar-refractivity contribution in [1.29, 1.82) is 0 Å². The highest BCUT2D eigenvalue weighted by Crippen LogP contribution is 2.26. The molecule has 6 heteroatoms. The molecule has 116 valence electrons. The van der Waals surface area contributed by atoms with Gasteiger partial charge in [0.05, 0.1) is 18.4 Å². The molecule has 3 rings (SSSR count). The Morgan fingerprint density at radius 2 is 1.96 bits per heavy atom. The van der Waals surface area contributed by atoms with Crippen molar-refractivity contribution in [2.45, 2.75) is 13.8 Å². The van der Waals surface area contributed by atoms with Crippen molar-refractivity contribution in [2.24, 2.45) is 10.2 Å². The number of hydrogen-bond acceptors (Lipinski definition) is 5. The van der Waals surface area contributed by atoms with Crippen molar-refractivity contribution >= 4 is 23.1 Å². The molecule has 0 saturated heterocycles. The highest BCUT2D eigenvalue weighted by atomic mass is 16.5. The van der Waals surface area contributed by atoms with Gasteiger partial charge in [0, 0.05) is 6.20 Å². The number of benzene rings is 1. The SMILES string of the molecule is COC(=O)c1ccccc1N=Nc1c(C)nc2cc(C)ccn12. The second-order valence-electron chi connectivity index (χ2n) is 5.16. The molecule has 0 unspecified atom stereocenters. The summed E-state index contributed by atoms with van der Waals surface area (Å²) in [6, 6.07) is 10.9. The van der Waals surface area contributed by atoms with Crippen LogP contribution in [0.2, 0.25) is 0 Å². The minimum Gasteiger partial charge on any atom is -0.465 e. The summed E-state index contributed by atoms with van der Waals surface area (Å²) >= 11 is 0. The molecule has 3 aromatic rings. The molecule has 0 spiro atoms. The zero-order valence-corrected chi connectivity index (χ0v) is 13.1. The summed E-state index contributed by atoms with van der Waals surface area (Å²) < 4.78 is 6.63. The van der Waals surface area contributed by atoms with Crippen molar-refractivity contribution in [3.05, 3.63) is 59.4 Å². The fourth-order valence-corrected chi connectivity index (χ4v) is 2.32. The number of ether oxygens (including phenoxy) is 1. The van der Waals surface area contributed by atoms with Crippen LogP contribution in [0.1, 0.15) is 21.6 Å². The number of esters is 1. The van der Waals surface area contributed by atoms with Crippen LogP contribution in [0.15, 0.2) is 52.8 Å². The minimum absolute atomic E-state index is 0.376. The lowest BCUT2D eigenvalue weighted by Gasteiger charge is -2.02. The Bertz CT molecular complexity index is 912. The van der Waals surface area contributed by atoms with Gasteiger partial charge in [0.2, 0.25) is 0 Å². The maximum absolute atomic E-state index is 11.8. The van der Waals surface area contributed by atoms with Crippen LogP contribution in [0.3, 0.4) is 0 Å². The number of imidazole rings is 1. The lowest BCUT2D eigenvalue weighted by Crippen LogP contribution is -2.00. The van der Waals surface area contributed by atoms with Gasteiger partial charge >= 0.3 is 5.97 Å². The van der Waals surface area contributed by atoms with Gasteiger partial charge in [-0.3, -0.25) is 4.40 Å². The first-order chi connectivity index (χ1) is 11.1. The zero-order valence-electron chi connectivity index (χ0n) is 13.1. The van der Waals surface area contributed by atoms with Gasteiger partial charge in [0.1, 0.15) is 11.3 Å². The summed E-state index contributed by atoms with van der Waals surface area (Å²) in [5.74, 6) is 0.199. The molecule has 0 atom stereocenters. The summed E-state index contributed by atoms with van der Waals surface area (Å²) in [5, 5.41) is 8.50. The quantitative estimate of drug-likeness (QED) is 0.539. The summed E-state index contributed by atoms with van der Waals surface area (Å²) in [4.78, 5) is 16.2. The van der Waals surface area contributed by atoms with Crippen molar-refractivity contribution in [2.75, 3.05) is 7.11 Å². The summed E-state index contributed by atoms with van der Waals surface area (Å²) in [7, 11) is 1.34. The predicted molar refractivity (Wildman–Crippen MR) is 86.6 cm³/mol. The van der Waals surface area contributed by atoms with Gasteiger partial charge in [-0.15, -0.1) is 10.2 Å². The molecule has 1 aromatic carbocycles. The van der Waals surface area contributed by atoms with Crippen LogP contribution in [-0.2, 0) is 4.74 Å². The molecule has 0 amide bonds. The first-order valence-corrected chi connectivity index (χ1v) is 7.14. The third-order valence-electron chi connectivity index (χ3n) is 3.49. The molecule has 2 heterocycles. The number of methoxy groups -OCH3 is 1. The van der Waals surface area contributed by atoms with Crippen LogP contribution in [0, 0.1) is 13.8 Å². The number of pyridine rings is 1. The van der Waals surface area contributed by atoms with E-state index in [1.54, 1.807) is 24.3 Å². The number of azo groups is 1. The maximum atomic E-state index is 11.8. The van der Waals surface area contributed by atoms with Crippen LogP contribution >= 0.6 is 0 Å². The second kappa shape index (κ2) is 6.00. The van der Waals surface area contributed by atoms with Crippen molar-refractivity contribution in [1.82, 2.24) is 9.38 Å². The van der Waals surface area contributed by atoms with Crippen LogP contribution < -0.4 is 0 Å². The number of carbonyl (C=O) groups is 1. The van der Waals surface area contributed by atoms with Crippen molar-refractivity contribution < 1.29 is 9.53 Å². The number of fused-ring (bicyclic) bond motifs is 1. The van der Waals surface area contributed by atoms with Gasteiger partial charge in [0.25, 0.3) is 0 Å². The number of nitrogens with zero attached hydrogens (tertiary/aromatic N) is 4. The van der Waals surface area contributed by atoms with Gasteiger partial charge < -0.3 is 4.74 Å². The molecule has 0 aliphatic carbocycles. The second-order valence-corrected chi connectivity index (χ2v) is 5.16. The largest absolute Gasteiger partial charge is 0.465 e. The van der Waals surface area contributed by atoms with Crippen LogP contribution in [0.4, 0.5) is 11.5 Å². The van der Waals surface area contributed by atoms with Crippen LogP contribution in [0.25, 0.3) is 5.65 Å². The Hall–Kier alpha value is -3.02. The highest BCUT2D eigenvalue weighted by molar-refractivity contribution is 5.94. The van der Waals surface area contributed by atoms with Crippen molar-refractivity contribution in [3.8, 4) is 0 Å². The van der Waals surface area contributed by atoms with Gasteiger partial charge in [-0.1, -0.05) is 12.1 Å². The molecule has 6 nitrogen and oxygen atoms in total. The molecule has 0 fully saturated rings. The Morgan fingerprint density at radius 1 is 1.17 bits per heavy atom. The smallest absolute Gasteiger partial charge is 0.340 e. The lowest BCUT2D eigenvalue weighted by atomic mass is 10.2. The van der Waals surface area contributed by atoms with Crippen LogP contribution in [0.5, 0.6) is 0 Å². The van der Waals surface area contributed by atoms with Gasteiger partial charge in [-0.2, -0.15) is 0 Å². The summed E-state index contributed by atoms with van der Waals surface area (Å²) in [6.07, 6.45) is 1.91. The van der Waals surface area contributed by atoms with E-state index >= 15 is 0 Å². The molecule has 0 N–H and O–H groups in total. The zero-order chi connectivity index (χ0) is 16.4. The lowest BCUT2D eigenvalue weighted by molar-refractivity contribution is 0.0601. The third kappa shape index (κ3) is 2.83. The maximum Gasteiger partial charge on any atom is 0.340 e. The Labute approximate surface area is 133 Å². The molecule has 0 bridgehead atoms. The van der Waals surface area contributed by atoms with E-state index in [-0.39, 0.29) is 0 Å². The molecule has 2 aromatic heterocycles. The first-order valence-electron chi connectivity index (χ1n) is 7.14. The normalized spacial score (nSPS) is 11.3. The highest BCUT2D eigenvalue weighted by Gasteiger charge is 2.12. The fraction of sp³-hybridized carbons (Fsp3) is 0.176. The van der Waals surface area contributed by atoms with E-state index < -0.39 is 5.97 Å². The molecule has 0 aliphatic heterocycles. The molecular weight excluding hydrogens is 292 g/mol. The summed E-state index contributed by atoms with van der Waals surface area (Å²) in [5.41, 5.74) is 3.55. The third-order valence-corrected chi connectivity index (χ3v) is 3.49. The summed E-state index contributed by atoms with van der Waals surface area (Å²) in [6.45, 7) is 3.89. The van der Waals surface area contributed by atoms with Gasteiger partial charge in [-0.25, -0.2) is 9.78 Å². The van der Waals surface area contributed by atoms with Crippen molar-refractivity contribution in [3.63, 3.8) is 0 Å². The molecule has 0 saturated carbocycles. The average Bonchev–Trinajstić information content (AvgIpc) is 2.86. The van der Waals surface area contributed by atoms with Gasteiger partial charge in [-0.05, 0) is 43.7 Å². The van der Waals surface area contributed by atoms with E-state index in [2.05, 4.69) is 15.2 Å². The number of aryl methyl sites for hydroxylation is 2. The molecular formula is C17H16N4O2. The van der Waals surface area contributed by atoms with Gasteiger partial charge in [0.15, 0.2) is 5.82 Å². The molecule has 0 radical (unpaired) electrons. The number of aromatic nitrogens is 2. The molecule has 23 heavy (non-hydrogen) atoms. The Balaban J connectivity index is 2.05. The van der Waals surface area contributed by atoms with E-state index in [9.17, 15) is 4.79 Å². The first kappa shape index (κ1) is 14.9. The fourth-order valence-electron chi connectivity index (χ4n) is 2.32. The van der Waals surface area contributed by atoms with Crippen LogP contribution in [-0.4, -0.2) is 22.5 Å². The number of carbonyl (C=O) groups excluding carboxylic acids is 1. The Morgan fingerprint density at radius 3 is 2.74 bits per heavy atom. The Kier molecular flexibility index (Phi) is 3.89. The van der Waals surface area contributed by atoms with E-state index in [0.29, 0.717) is 17.1 Å². The van der Waals surface area contributed by atoms with E-state index in [1.165, 1.54) is 7.11 Å².